The normalized spacial score (nSPS) is 22.8. The van der Waals surface area contributed by atoms with Gasteiger partial charge in [0, 0.05) is 18.3 Å². The molecule has 23 heavy (non-hydrogen) atoms. The first-order valence-electron chi connectivity index (χ1n) is 8.18. The summed E-state index contributed by atoms with van der Waals surface area (Å²) in [6.07, 6.45) is 6.96. The minimum atomic E-state index is -3.27. The maximum absolute atomic E-state index is 12.4. The Morgan fingerprint density at radius 1 is 1.30 bits per heavy atom. The van der Waals surface area contributed by atoms with E-state index in [9.17, 15) is 13.2 Å². The fraction of sp³-hybridized carbons (Fsp3) is 0.688. The molecule has 2 fully saturated rings. The van der Waals surface area contributed by atoms with Gasteiger partial charge >= 0.3 is 0 Å². The van der Waals surface area contributed by atoms with E-state index in [2.05, 4.69) is 0 Å². The molecular weight excluding hydrogens is 334 g/mol. The molecule has 1 aliphatic heterocycles. The van der Waals surface area contributed by atoms with Crippen molar-refractivity contribution >= 4 is 27.5 Å². The number of thioether (sulfide) groups is 1. The minimum absolute atomic E-state index is 0.0798. The van der Waals surface area contributed by atoms with Crippen molar-refractivity contribution in [1.29, 1.82) is 0 Å². The van der Waals surface area contributed by atoms with Crippen LogP contribution in [-0.4, -0.2) is 48.6 Å². The summed E-state index contributed by atoms with van der Waals surface area (Å²) >= 11 is 1.74. The molecule has 2 aliphatic rings. The van der Waals surface area contributed by atoms with Crippen LogP contribution in [0.4, 0.5) is 0 Å². The zero-order valence-electron chi connectivity index (χ0n) is 13.1. The Hall–Kier alpha value is -0.950. The van der Waals surface area contributed by atoms with Gasteiger partial charge in [-0.15, -0.1) is 11.8 Å². The van der Waals surface area contributed by atoms with Crippen LogP contribution in [0.3, 0.4) is 0 Å². The number of carbonyl (C=O) groups excluding carboxylic acids is 1. The molecule has 5 nitrogen and oxygen atoms in total. The van der Waals surface area contributed by atoms with E-state index in [1.165, 1.54) is 31.9 Å². The van der Waals surface area contributed by atoms with Gasteiger partial charge in [-0.05, 0) is 31.4 Å². The highest BCUT2D eigenvalue weighted by molar-refractivity contribution is 8.00. The van der Waals surface area contributed by atoms with E-state index in [1.807, 2.05) is 0 Å². The van der Waals surface area contributed by atoms with Crippen molar-refractivity contribution in [1.82, 2.24) is 4.90 Å². The number of furan rings is 1. The van der Waals surface area contributed by atoms with E-state index >= 15 is 0 Å². The first kappa shape index (κ1) is 16.9. The Balaban J connectivity index is 1.50. The van der Waals surface area contributed by atoms with Gasteiger partial charge in [0.05, 0.1) is 17.3 Å². The second-order valence-corrected chi connectivity index (χ2v) is 9.92. The number of rotatable bonds is 6. The fourth-order valence-electron chi connectivity index (χ4n) is 3.29. The molecule has 1 saturated carbocycles. The highest BCUT2D eigenvalue weighted by atomic mass is 32.2. The van der Waals surface area contributed by atoms with Crippen molar-refractivity contribution in [2.24, 2.45) is 0 Å². The molecular formula is C16H23NO4S2. The Labute approximate surface area is 141 Å². The van der Waals surface area contributed by atoms with Crippen LogP contribution in [0, 0.1) is 0 Å². The molecule has 3 rings (SSSR count). The van der Waals surface area contributed by atoms with Crippen molar-refractivity contribution in [3.8, 4) is 0 Å². The van der Waals surface area contributed by atoms with Crippen LogP contribution in [0.25, 0.3) is 0 Å². The van der Waals surface area contributed by atoms with E-state index in [0.717, 1.165) is 0 Å². The van der Waals surface area contributed by atoms with Crippen LogP contribution in [-0.2, 0) is 20.4 Å². The lowest BCUT2D eigenvalue weighted by atomic mass is 10.4. The van der Waals surface area contributed by atoms with Gasteiger partial charge in [-0.1, -0.05) is 12.8 Å². The molecule has 1 aromatic rings. The van der Waals surface area contributed by atoms with Crippen molar-refractivity contribution in [2.75, 3.05) is 18.8 Å². The van der Waals surface area contributed by atoms with E-state index in [4.69, 9.17) is 4.42 Å². The summed E-state index contributed by atoms with van der Waals surface area (Å²) in [6, 6.07) is 3.36. The van der Waals surface area contributed by atoms with Gasteiger partial charge in [0.1, 0.15) is 11.5 Å². The van der Waals surface area contributed by atoms with Crippen LogP contribution in [0.1, 0.15) is 37.9 Å². The van der Waals surface area contributed by atoms with Gasteiger partial charge in [-0.3, -0.25) is 4.79 Å². The molecule has 1 amide bonds. The quantitative estimate of drug-likeness (QED) is 0.782. The number of amides is 1. The molecule has 0 N–H and O–H groups in total. The Morgan fingerprint density at radius 3 is 2.78 bits per heavy atom. The highest BCUT2D eigenvalue weighted by Gasteiger charge is 2.35. The van der Waals surface area contributed by atoms with Crippen molar-refractivity contribution in [3.63, 3.8) is 0 Å². The highest BCUT2D eigenvalue weighted by Crippen LogP contribution is 2.30. The van der Waals surface area contributed by atoms with Crippen molar-refractivity contribution < 1.29 is 17.6 Å². The lowest BCUT2D eigenvalue weighted by Crippen LogP contribution is -2.33. The van der Waals surface area contributed by atoms with Crippen molar-refractivity contribution in [2.45, 2.75) is 48.4 Å². The number of likely N-dealkylation sites (tertiary alicyclic amines) is 1. The molecule has 2 heterocycles. The van der Waals surface area contributed by atoms with E-state index in [1.54, 1.807) is 28.8 Å². The molecule has 0 spiro atoms. The predicted octanol–water partition coefficient (Wildman–Crippen LogP) is 2.47. The van der Waals surface area contributed by atoms with Gasteiger partial charge in [0.15, 0.2) is 9.84 Å². The summed E-state index contributed by atoms with van der Waals surface area (Å²) in [6.45, 7) is 0.874. The molecule has 1 saturated heterocycles. The number of sulfone groups is 1. The molecule has 1 aromatic heterocycles. The Bertz CT molecular complexity index is 621. The fourth-order valence-corrected chi connectivity index (χ4v) is 6.19. The van der Waals surface area contributed by atoms with Crippen LogP contribution in [0.2, 0.25) is 0 Å². The summed E-state index contributed by atoms with van der Waals surface area (Å²) in [4.78, 5) is 14.0. The van der Waals surface area contributed by atoms with Crippen LogP contribution in [0.5, 0.6) is 0 Å². The molecule has 7 heteroatoms. The molecule has 1 unspecified atom stereocenters. The van der Waals surface area contributed by atoms with Gasteiger partial charge in [-0.2, -0.15) is 0 Å². The lowest BCUT2D eigenvalue weighted by molar-refractivity contribution is -0.127. The van der Waals surface area contributed by atoms with E-state index in [0.29, 0.717) is 36.3 Å². The van der Waals surface area contributed by atoms with E-state index in [-0.39, 0.29) is 11.7 Å². The minimum Gasteiger partial charge on any atom is -0.468 e. The van der Waals surface area contributed by atoms with Gasteiger partial charge in [0.2, 0.25) is 5.91 Å². The maximum Gasteiger partial charge on any atom is 0.232 e. The number of hydrogen-bond acceptors (Lipinski definition) is 5. The SMILES string of the molecule is O=C(CSC1CCCC1)N1CCC(S(=O)(=O)Cc2ccco2)C1. The first-order chi connectivity index (χ1) is 11.0. The third kappa shape index (κ3) is 4.32. The molecule has 0 aromatic carbocycles. The monoisotopic (exact) mass is 357 g/mol. The largest absolute Gasteiger partial charge is 0.468 e. The summed E-state index contributed by atoms with van der Waals surface area (Å²) in [5, 5.41) is 0.146. The van der Waals surface area contributed by atoms with Gasteiger partial charge < -0.3 is 9.32 Å². The van der Waals surface area contributed by atoms with Crippen LogP contribution in [0.15, 0.2) is 22.8 Å². The Morgan fingerprint density at radius 2 is 2.09 bits per heavy atom. The smallest absolute Gasteiger partial charge is 0.232 e. The average Bonchev–Trinajstić information content (AvgIpc) is 3.25. The maximum atomic E-state index is 12.4. The number of hydrogen-bond donors (Lipinski definition) is 0. The number of nitrogens with zero attached hydrogens (tertiary/aromatic N) is 1. The second-order valence-electron chi connectivity index (χ2n) is 6.35. The zero-order chi connectivity index (χ0) is 16.3. The predicted molar refractivity (Wildman–Crippen MR) is 91.0 cm³/mol. The number of carbonyl (C=O) groups is 1. The van der Waals surface area contributed by atoms with Crippen molar-refractivity contribution in [3.05, 3.63) is 24.2 Å². The molecule has 0 radical (unpaired) electrons. The molecule has 1 atom stereocenters. The average molecular weight is 357 g/mol. The lowest BCUT2D eigenvalue weighted by Gasteiger charge is -2.17. The van der Waals surface area contributed by atoms with Gasteiger partial charge in [0.25, 0.3) is 0 Å². The standard InChI is InChI=1S/C16H23NO4S2/c18-16(11-22-14-5-1-2-6-14)17-8-7-15(10-17)23(19,20)12-13-4-3-9-21-13/h3-4,9,14-15H,1-2,5-8,10-12H2. The van der Waals surface area contributed by atoms with Crippen LogP contribution < -0.4 is 0 Å². The summed E-state index contributed by atoms with van der Waals surface area (Å²) in [7, 11) is -3.27. The summed E-state index contributed by atoms with van der Waals surface area (Å²) in [5.74, 6) is 0.947. The molecule has 0 bridgehead atoms. The third-order valence-corrected chi connectivity index (χ3v) is 8.12. The topological polar surface area (TPSA) is 67.6 Å². The van der Waals surface area contributed by atoms with Crippen LogP contribution >= 0.6 is 11.8 Å². The molecule has 1 aliphatic carbocycles. The third-order valence-electron chi connectivity index (χ3n) is 4.67. The second kappa shape index (κ2) is 7.30. The summed E-state index contributed by atoms with van der Waals surface area (Å²) in [5.41, 5.74) is 0. The first-order valence-corrected chi connectivity index (χ1v) is 10.9. The molecule has 128 valence electrons. The summed E-state index contributed by atoms with van der Waals surface area (Å²) < 4.78 is 30.0. The zero-order valence-corrected chi connectivity index (χ0v) is 14.8. The van der Waals surface area contributed by atoms with E-state index < -0.39 is 15.1 Å². The Kier molecular flexibility index (Phi) is 5.36. The van der Waals surface area contributed by atoms with Gasteiger partial charge in [-0.25, -0.2) is 8.42 Å².